The molecule has 0 bridgehead atoms. The molecule has 1 fully saturated rings. The van der Waals surface area contributed by atoms with E-state index in [0.717, 1.165) is 10.6 Å². The maximum Gasteiger partial charge on any atom is 0.181 e. The molecule has 1 aromatic rings. The van der Waals surface area contributed by atoms with Crippen molar-refractivity contribution in [3.8, 4) is 0 Å². The Labute approximate surface area is 116 Å². The summed E-state index contributed by atoms with van der Waals surface area (Å²) in [4.78, 5) is 13.0. The first-order valence-electron chi connectivity index (χ1n) is 5.47. The fourth-order valence-corrected chi connectivity index (χ4v) is 3.79. The predicted octanol–water partition coefficient (Wildman–Crippen LogP) is 4.18. The topological polar surface area (TPSA) is 17.1 Å². The Bertz CT molecular complexity index is 428. The molecule has 0 saturated heterocycles. The van der Waals surface area contributed by atoms with E-state index in [9.17, 15) is 4.79 Å². The Morgan fingerprint density at radius 1 is 1.24 bits per heavy atom. The zero-order valence-electron chi connectivity index (χ0n) is 9.74. The first-order valence-corrected chi connectivity index (χ1v) is 7.21. The van der Waals surface area contributed by atoms with Crippen LogP contribution in [0.15, 0.2) is 35.2 Å². The molecule has 0 heterocycles. The standard InChI is InChI=1S/C13H14Cl2OS/c1-12(2)10(11(16)13(12,14)15)8-17-9-6-4-3-5-7-9/h3-7,10H,8H2,1-2H3. The monoisotopic (exact) mass is 288 g/mol. The van der Waals surface area contributed by atoms with Crippen molar-refractivity contribution in [1.29, 1.82) is 0 Å². The van der Waals surface area contributed by atoms with Gasteiger partial charge in [-0.15, -0.1) is 11.8 Å². The highest BCUT2D eigenvalue weighted by atomic mass is 35.5. The van der Waals surface area contributed by atoms with Gasteiger partial charge in [-0.1, -0.05) is 55.2 Å². The van der Waals surface area contributed by atoms with E-state index in [1.165, 1.54) is 0 Å². The molecule has 2 rings (SSSR count). The number of halogens is 2. The summed E-state index contributed by atoms with van der Waals surface area (Å²) >= 11 is 13.7. The summed E-state index contributed by atoms with van der Waals surface area (Å²) in [6.45, 7) is 3.90. The van der Waals surface area contributed by atoms with Gasteiger partial charge in [0.2, 0.25) is 0 Å². The average molecular weight is 289 g/mol. The maximum absolute atomic E-state index is 11.8. The number of rotatable bonds is 3. The summed E-state index contributed by atoms with van der Waals surface area (Å²) in [7, 11) is 0. The molecule has 0 radical (unpaired) electrons. The van der Waals surface area contributed by atoms with E-state index >= 15 is 0 Å². The predicted molar refractivity (Wildman–Crippen MR) is 73.9 cm³/mol. The third-order valence-corrected chi connectivity index (χ3v) is 5.92. The van der Waals surface area contributed by atoms with Gasteiger partial charge in [-0.3, -0.25) is 4.79 Å². The van der Waals surface area contributed by atoms with Gasteiger partial charge >= 0.3 is 0 Å². The molecule has 1 nitrogen and oxygen atoms in total. The molecular weight excluding hydrogens is 275 g/mol. The summed E-state index contributed by atoms with van der Waals surface area (Å²) < 4.78 is -1.21. The molecule has 0 aliphatic heterocycles. The molecule has 0 aromatic heterocycles. The van der Waals surface area contributed by atoms with Crippen LogP contribution in [0.25, 0.3) is 0 Å². The minimum absolute atomic E-state index is 0.0470. The van der Waals surface area contributed by atoms with Crippen molar-refractivity contribution in [3.63, 3.8) is 0 Å². The third kappa shape index (κ3) is 2.11. The molecule has 1 saturated carbocycles. The van der Waals surface area contributed by atoms with Crippen LogP contribution < -0.4 is 0 Å². The number of Topliss-reactive ketones (excluding diaryl/α,β-unsaturated/α-hetero) is 1. The van der Waals surface area contributed by atoms with E-state index < -0.39 is 4.33 Å². The molecule has 1 atom stereocenters. The van der Waals surface area contributed by atoms with Gasteiger partial charge in [0.05, 0.1) is 0 Å². The maximum atomic E-state index is 11.8. The lowest BCUT2D eigenvalue weighted by atomic mass is 9.61. The largest absolute Gasteiger partial charge is 0.296 e. The second kappa shape index (κ2) is 4.49. The zero-order valence-corrected chi connectivity index (χ0v) is 12.1. The third-order valence-electron chi connectivity index (χ3n) is 3.47. The Balaban J connectivity index is 2.00. The minimum atomic E-state index is -1.21. The molecule has 1 unspecified atom stereocenters. The fourth-order valence-electron chi connectivity index (χ4n) is 1.99. The molecule has 1 aromatic carbocycles. The number of thioether (sulfide) groups is 1. The van der Waals surface area contributed by atoms with Gasteiger partial charge < -0.3 is 0 Å². The van der Waals surface area contributed by atoms with E-state index in [1.807, 2.05) is 44.2 Å². The van der Waals surface area contributed by atoms with E-state index in [-0.39, 0.29) is 17.1 Å². The van der Waals surface area contributed by atoms with Crippen molar-refractivity contribution in [1.82, 2.24) is 0 Å². The van der Waals surface area contributed by atoms with Gasteiger partial charge in [-0.25, -0.2) is 0 Å². The van der Waals surface area contributed by atoms with Crippen LogP contribution in [0, 0.1) is 11.3 Å². The number of carbonyl (C=O) groups is 1. The van der Waals surface area contributed by atoms with Crippen LogP contribution in [0.5, 0.6) is 0 Å². The number of alkyl halides is 2. The first kappa shape index (κ1) is 13.3. The Kier molecular flexibility index (Phi) is 3.50. The molecule has 0 N–H and O–H groups in total. The fraction of sp³-hybridized carbons (Fsp3) is 0.462. The van der Waals surface area contributed by atoms with Gasteiger partial charge in [0.1, 0.15) is 0 Å². The zero-order chi connectivity index (χ0) is 12.7. The van der Waals surface area contributed by atoms with Gasteiger partial charge in [0.25, 0.3) is 0 Å². The highest BCUT2D eigenvalue weighted by molar-refractivity contribution is 7.99. The second-order valence-electron chi connectivity index (χ2n) is 4.84. The summed E-state index contributed by atoms with van der Waals surface area (Å²) in [5.41, 5.74) is -0.352. The summed E-state index contributed by atoms with van der Waals surface area (Å²) in [5, 5.41) is 0. The summed E-state index contributed by atoms with van der Waals surface area (Å²) in [6, 6.07) is 10.0. The van der Waals surface area contributed by atoms with Crippen LogP contribution in [-0.2, 0) is 4.79 Å². The Morgan fingerprint density at radius 3 is 2.35 bits per heavy atom. The van der Waals surface area contributed by atoms with Gasteiger partial charge in [-0.2, -0.15) is 0 Å². The highest BCUT2D eigenvalue weighted by Crippen LogP contribution is 2.58. The van der Waals surface area contributed by atoms with Crippen LogP contribution in [0.3, 0.4) is 0 Å². The lowest BCUT2D eigenvalue weighted by Gasteiger charge is -2.52. The quantitative estimate of drug-likeness (QED) is 0.613. The number of ketones is 1. The number of benzene rings is 1. The van der Waals surface area contributed by atoms with Gasteiger partial charge in [0.15, 0.2) is 10.1 Å². The van der Waals surface area contributed by atoms with Crippen LogP contribution in [0.2, 0.25) is 0 Å². The van der Waals surface area contributed by atoms with Crippen molar-refractivity contribution in [3.05, 3.63) is 30.3 Å². The molecule has 4 heteroatoms. The highest BCUT2D eigenvalue weighted by Gasteiger charge is 2.65. The molecule has 17 heavy (non-hydrogen) atoms. The van der Waals surface area contributed by atoms with Crippen LogP contribution in [0.1, 0.15) is 13.8 Å². The molecular formula is C13H14Cl2OS. The average Bonchev–Trinajstić information content (AvgIpc) is 2.29. The smallest absolute Gasteiger partial charge is 0.181 e. The van der Waals surface area contributed by atoms with Gasteiger partial charge in [0, 0.05) is 22.0 Å². The van der Waals surface area contributed by atoms with E-state index in [4.69, 9.17) is 23.2 Å². The van der Waals surface area contributed by atoms with Crippen molar-refractivity contribution < 1.29 is 4.79 Å². The van der Waals surface area contributed by atoms with Crippen LogP contribution in [0.4, 0.5) is 0 Å². The molecule has 92 valence electrons. The van der Waals surface area contributed by atoms with Crippen LogP contribution >= 0.6 is 35.0 Å². The number of carbonyl (C=O) groups excluding carboxylic acids is 1. The minimum Gasteiger partial charge on any atom is -0.296 e. The van der Waals surface area contributed by atoms with Crippen molar-refractivity contribution in [2.45, 2.75) is 23.1 Å². The molecule has 1 aliphatic carbocycles. The molecule has 0 amide bonds. The number of hydrogen-bond donors (Lipinski definition) is 0. The number of hydrogen-bond acceptors (Lipinski definition) is 2. The van der Waals surface area contributed by atoms with E-state index in [1.54, 1.807) is 11.8 Å². The molecule has 1 aliphatic rings. The van der Waals surface area contributed by atoms with Crippen molar-refractivity contribution >= 4 is 40.7 Å². The normalized spacial score (nSPS) is 25.4. The first-order chi connectivity index (χ1) is 7.87. The summed E-state index contributed by atoms with van der Waals surface area (Å²) in [6.07, 6.45) is 0. The SMILES string of the molecule is CC1(C)C(CSc2ccccc2)C(=O)C1(Cl)Cl. The second-order valence-corrected chi connectivity index (χ2v) is 7.26. The van der Waals surface area contributed by atoms with Crippen molar-refractivity contribution in [2.75, 3.05) is 5.75 Å². The van der Waals surface area contributed by atoms with Crippen LogP contribution in [-0.4, -0.2) is 15.9 Å². The lowest BCUT2D eigenvalue weighted by Crippen LogP contribution is -2.63. The van der Waals surface area contributed by atoms with E-state index in [0.29, 0.717) is 0 Å². The van der Waals surface area contributed by atoms with E-state index in [2.05, 4.69) is 0 Å². The molecule has 0 spiro atoms. The Hall–Kier alpha value is -0.180. The Morgan fingerprint density at radius 2 is 1.82 bits per heavy atom. The van der Waals surface area contributed by atoms with Gasteiger partial charge in [-0.05, 0) is 12.1 Å². The summed E-state index contributed by atoms with van der Waals surface area (Å²) in [5.74, 6) is 0.619. The lowest BCUT2D eigenvalue weighted by molar-refractivity contribution is -0.140. The van der Waals surface area contributed by atoms with Crippen molar-refractivity contribution in [2.24, 2.45) is 11.3 Å².